The molecule has 0 radical (unpaired) electrons. The summed E-state index contributed by atoms with van der Waals surface area (Å²) in [5.74, 6) is 0.412. The first-order chi connectivity index (χ1) is 11.5. The predicted octanol–water partition coefficient (Wildman–Crippen LogP) is 3.35. The summed E-state index contributed by atoms with van der Waals surface area (Å²) in [7, 11) is 1.44. The first-order valence-corrected chi connectivity index (χ1v) is 7.93. The largest absolute Gasteiger partial charge is 0.503 e. The molecular formula is C16H14BrClN2O4. The third-order valence-corrected chi connectivity index (χ3v) is 3.71. The van der Waals surface area contributed by atoms with Crippen molar-refractivity contribution in [3.8, 4) is 17.2 Å². The van der Waals surface area contributed by atoms with Gasteiger partial charge in [-0.2, -0.15) is 5.10 Å². The lowest BCUT2D eigenvalue weighted by Gasteiger charge is -2.06. The van der Waals surface area contributed by atoms with Crippen LogP contribution in [0.4, 0.5) is 0 Å². The summed E-state index contributed by atoms with van der Waals surface area (Å²) >= 11 is 8.97. The number of nitrogens with one attached hydrogen (secondary N) is 1. The number of amides is 1. The summed E-state index contributed by atoms with van der Waals surface area (Å²) in [5, 5.41) is 14.1. The van der Waals surface area contributed by atoms with Gasteiger partial charge in [-0.05, 0) is 57.9 Å². The highest BCUT2D eigenvalue weighted by Gasteiger charge is 2.07. The second-order valence-corrected chi connectivity index (χ2v) is 5.88. The number of phenols is 1. The number of benzene rings is 2. The highest BCUT2D eigenvalue weighted by molar-refractivity contribution is 9.10. The summed E-state index contributed by atoms with van der Waals surface area (Å²) in [4.78, 5) is 11.7. The molecule has 0 saturated heterocycles. The fourth-order valence-electron chi connectivity index (χ4n) is 1.71. The van der Waals surface area contributed by atoms with Crippen LogP contribution in [0.25, 0.3) is 0 Å². The van der Waals surface area contributed by atoms with Crippen LogP contribution in [0, 0.1) is 0 Å². The Hall–Kier alpha value is -2.25. The van der Waals surface area contributed by atoms with Crippen LogP contribution in [-0.2, 0) is 4.79 Å². The Morgan fingerprint density at radius 3 is 2.75 bits per heavy atom. The van der Waals surface area contributed by atoms with Crippen molar-refractivity contribution < 1.29 is 19.4 Å². The minimum Gasteiger partial charge on any atom is -0.503 e. The molecule has 0 atom stereocenters. The van der Waals surface area contributed by atoms with Crippen LogP contribution < -0.4 is 14.9 Å². The second-order valence-electron chi connectivity index (χ2n) is 4.59. The van der Waals surface area contributed by atoms with Crippen LogP contribution in [-0.4, -0.2) is 30.9 Å². The Labute approximate surface area is 152 Å². The molecular weight excluding hydrogens is 400 g/mol. The summed E-state index contributed by atoms with van der Waals surface area (Å²) in [6, 6.07) is 9.89. The van der Waals surface area contributed by atoms with E-state index in [-0.39, 0.29) is 12.4 Å². The van der Waals surface area contributed by atoms with Crippen molar-refractivity contribution in [2.45, 2.75) is 0 Å². The maximum absolute atomic E-state index is 11.7. The van der Waals surface area contributed by atoms with E-state index in [0.717, 1.165) is 0 Å². The van der Waals surface area contributed by atoms with E-state index in [1.54, 1.807) is 36.4 Å². The second kappa shape index (κ2) is 8.56. The van der Waals surface area contributed by atoms with Gasteiger partial charge in [0, 0.05) is 5.02 Å². The molecule has 2 aromatic rings. The molecule has 2 rings (SSSR count). The fraction of sp³-hybridized carbons (Fsp3) is 0.125. The molecule has 24 heavy (non-hydrogen) atoms. The molecule has 0 aromatic heterocycles. The monoisotopic (exact) mass is 412 g/mol. The Kier molecular flexibility index (Phi) is 6.45. The molecule has 2 N–H and O–H groups in total. The zero-order chi connectivity index (χ0) is 17.5. The average molecular weight is 414 g/mol. The number of phenolic OH excluding ortho intramolecular Hbond substituents is 1. The van der Waals surface area contributed by atoms with Crippen LogP contribution in [0.1, 0.15) is 5.56 Å². The topological polar surface area (TPSA) is 80.2 Å². The van der Waals surface area contributed by atoms with Gasteiger partial charge in [-0.1, -0.05) is 11.6 Å². The lowest BCUT2D eigenvalue weighted by Crippen LogP contribution is -2.24. The SMILES string of the molecule is COc1cc(C=NNC(=O)COc2ccc(Cl)cc2)cc(Br)c1O. The third kappa shape index (κ3) is 5.14. The van der Waals surface area contributed by atoms with Crippen LogP contribution in [0.15, 0.2) is 46.0 Å². The smallest absolute Gasteiger partial charge is 0.277 e. The highest BCUT2D eigenvalue weighted by atomic mass is 79.9. The van der Waals surface area contributed by atoms with Crippen molar-refractivity contribution in [2.75, 3.05) is 13.7 Å². The van der Waals surface area contributed by atoms with Crippen molar-refractivity contribution in [3.63, 3.8) is 0 Å². The first kappa shape index (κ1) is 18.1. The van der Waals surface area contributed by atoms with E-state index >= 15 is 0 Å². The molecule has 0 aliphatic carbocycles. The maximum atomic E-state index is 11.7. The minimum absolute atomic E-state index is 0.00458. The van der Waals surface area contributed by atoms with Crippen LogP contribution in [0.3, 0.4) is 0 Å². The standard InChI is InChI=1S/C16H14BrClN2O4/c1-23-14-7-10(6-13(17)16(14)22)8-19-20-15(21)9-24-12-4-2-11(18)3-5-12/h2-8,22H,9H2,1H3,(H,20,21). The third-order valence-electron chi connectivity index (χ3n) is 2.86. The molecule has 0 heterocycles. The minimum atomic E-state index is -0.411. The summed E-state index contributed by atoms with van der Waals surface area (Å²) in [5.41, 5.74) is 2.98. The van der Waals surface area contributed by atoms with Gasteiger partial charge in [0.2, 0.25) is 0 Å². The van der Waals surface area contributed by atoms with Crippen molar-refractivity contribution in [1.82, 2.24) is 5.43 Å². The van der Waals surface area contributed by atoms with E-state index < -0.39 is 5.91 Å². The zero-order valence-electron chi connectivity index (χ0n) is 12.6. The number of hydrazone groups is 1. The van der Waals surface area contributed by atoms with Crippen LogP contribution >= 0.6 is 27.5 Å². The van der Waals surface area contributed by atoms with E-state index in [4.69, 9.17) is 21.1 Å². The number of ether oxygens (including phenoxy) is 2. The fourth-order valence-corrected chi connectivity index (χ4v) is 2.30. The van der Waals surface area contributed by atoms with Gasteiger partial charge in [-0.3, -0.25) is 4.79 Å². The highest BCUT2D eigenvalue weighted by Crippen LogP contribution is 2.34. The molecule has 0 bridgehead atoms. The van der Waals surface area contributed by atoms with Crippen molar-refractivity contribution in [1.29, 1.82) is 0 Å². The molecule has 2 aromatic carbocycles. The van der Waals surface area contributed by atoms with Gasteiger partial charge in [-0.15, -0.1) is 0 Å². The number of hydrogen-bond acceptors (Lipinski definition) is 5. The van der Waals surface area contributed by atoms with E-state index in [1.807, 2.05) is 0 Å². The van der Waals surface area contributed by atoms with Crippen molar-refractivity contribution in [3.05, 3.63) is 51.5 Å². The molecule has 8 heteroatoms. The van der Waals surface area contributed by atoms with Gasteiger partial charge in [0.05, 0.1) is 17.8 Å². The van der Waals surface area contributed by atoms with Gasteiger partial charge in [-0.25, -0.2) is 5.43 Å². The normalized spacial score (nSPS) is 10.6. The molecule has 0 saturated carbocycles. The first-order valence-electron chi connectivity index (χ1n) is 6.76. The summed E-state index contributed by atoms with van der Waals surface area (Å²) in [6.45, 7) is -0.179. The molecule has 0 fully saturated rings. The van der Waals surface area contributed by atoms with Gasteiger partial charge < -0.3 is 14.6 Å². The molecule has 0 spiro atoms. The summed E-state index contributed by atoms with van der Waals surface area (Å²) < 4.78 is 10.8. The molecule has 1 amide bonds. The average Bonchev–Trinajstić information content (AvgIpc) is 2.57. The Bertz CT molecular complexity index is 750. The molecule has 126 valence electrons. The lowest BCUT2D eigenvalue weighted by atomic mass is 10.2. The number of carbonyl (C=O) groups excluding carboxylic acids is 1. The Morgan fingerprint density at radius 1 is 1.38 bits per heavy atom. The molecule has 0 unspecified atom stereocenters. The summed E-state index contributed by atoms with van der Waals surface area (Å²) in [6.07, 6.45) is 1.42. The van der Waals surface area contributed by atoms with Gasteiger partial charge >= 0.3 is 0 Å². The number of nitrogens with zero attached hydrogens (tertiary/aromatic N) is 1. The number of aromatic hydroxyl groups is 1. The van der Waals surface area contributed by atoms with Gasteiger partial charge in [0.25, 0.3) is 5.91 Å². The van der Waals surface area contributed by atoms with E-state index in [9.17, 15) is 9.90 Å². The van der Waals surface area contributed by atoms with Crippen molar-refractivity contribution in [2.24, 2.45) is 5.10 Å². The lowest BCUT2D eigenvalue weighted by molar-refractivity contribution is -0.123. The van der Waals surface area contributed by atoms with Crippen LogP contribution in [0.2, 0.25) is 5.02 Å². The Balaban J connectivity index is 1.88. The van der Waals surface area contributed by atoms with Crippen LogP contribution in [0.5, 0.6) is 17.2 Å². The number of methoxy groups -OCH3 is 1. The number of halogens is 2. The number of hydrogen-bond donors (Lipinski definition) is 2. The van der Waals surface area contributed by atoms with Gasteiger partial charge in [0.15, 0.2) is 18.1 Å². The van der Waals surface area contributed by atoms with Crippen molar-refractivity contribution >= 4 is 39.7 Å². The van der Waals surface area contributed by atoms with E-state index in [2.05, 4.69) is 26.5 Å². The quantitative estimate of drug-likeness (QED) is 0.562. The number of carbonyl (C=O) groups is 1. The molecule has 0 aliphatic heterocycles. The maximum Gasteiger partial charge on any atom is 0.277 e. The number of rotatable bonds is 6. The molecule has 6 nitrogen and oxygen atoms in total. The van der Waals surface area contributed by atoms with Gasteiger partial charge in [0.1, 0.15) is 5.75 Å². The van der Waals surface area contributed by atoms with E-state index in [1.165, 1.54) is 13.3 Å². The Morgan fingerprint density at radius 2 is 2.08 bits per heavy atom. The van der Waals surface area contributed by atoms with E-state index in [0.29, 0.717) is 26.6 Å². The predicted molar refractivity (Wildman–Crippen MR) is 95.0 cm³/mol. The zero-order valence-corrected chi connectivity index (χ0v) is 15.0. The molecule has 0 aliphatic rings.